The van der Waals surface area contributed by atoms with Gasteiger partial charge in [-0.05, 0) is 0 Å². The molecule has 0 radical (unpaired) electrons. The van der Waals surface area contributed by atoms with Gasteiger partial charge in [-0.1, -0.05) is 0 Å². The summed E-state index contributed by atoms with van der Waals surface area (Å²) in [6, 6.07) is 0. The summed E-state index contributed by atoms with van der Waals surface area (Å²) in [4.78, 5) is 8.23. The first kappa shape index (κ1) is 12.0. The van der Waals surface area contributed by atoms with Crippen molar-refractivity contribution in [2.45, 2.75) is 11.1 Å². The molecule has 0 aliphatic heterocycles. The van der Waals surface area contributed by atoms with Crippen molar-refractivity contribution in [2.75, 3.05) is 17.8 Å². The number of hydrogen-bond donors (Lipinski definition) is 5. The third-order valence-electron chi connectivity index (χ3n) is 2.03. The van der Waals surface area contributed by atoms with Crippen LogP contribution in [0.15, 0.2) is 11.2 Å². The number of aliphatic hydroxyl groups is 2. The third kappa shape index (κ3) is 2.64. The Hall–Kier alpha value is -1.42. The minimum absolute atomic E-state index is 0.266. The van der Waals surface area contributed by atoms with E-state index in [0.29, 0.717) is 16.4 Å². The molecule has 0 saturated carbocycles. The second-order valence-corrected chi connectivity index (χ2v) is 4.29. The number of H-pyrrole nitrogens is 1. The number of aromatic nitrogens is 4. The Bertz CT molecular complexity index is 504. The number of thioether (sulfide) groups is 1. The summed E-state index contributed by atoms with van der Waals surface area (Å²) in [5.41, 5.74) is 2.92. The van der Waals surface area contributed by atoms with Crippen LogP contribution in [0.4, 0.5) is 5.95 Å². The number of aliphatic hydroxyl groups excluding tert-OH is 2. The molecule has 2 heterocycles. The summed E-state index contributed by atoms with van der Waals surface area (Å²) < 4.78 is 0. The molecule has 1 unspecified atom stereocenters. The van der Waals surface area contributed by atoms with Crippen LogP contribution in [-0.4, -0.2) is 48.8 Å². The van der Waals surface area contributed by atoms with Crippen molar-refractivity contribution in [2.24, 2.45) is 5.84 Å². The van der Waals surface area contributed by atoms with Crippen LogP contribution in [0, 0.1) is 0 Å². The first-order valence-electron chi connectivity index (χ1n) is 4.84. The van der Waals surface area contributed by atoms with E-state index in [-0.39, 0.29) is 12.6 Å². The quantitative estimate of drug-likeness (QED) is 0.201. The molecule has 0 aromatic carbocycles. The Morgan fingerprint density at radius 1 is 1.53 bits per heavy atom. The number of nitrogens with two attached hydrogens (primary N) is 1. The lowest BCUT2D eigenvalue weighted by Gasteiger charge is -2.07. The van der Waals surface area contributed by atoms with Crippen molar-refractivity contribution in [1.82, 2.24) is 20.2 Å². The second-order valence-electron chi connectivity index (χ2n) is 3.28. The van der Waals surface area contributed by atoms with Gasteiger partial charge >= 0.3 is 0 Å². The van der Waals surface area contributed by atoms with E-state index in [1.165, 1.54) is 11.8 Å². The number of hydrazine groups is 1. The molecule has 92 valence electrons. The zero-order valence-electron chi connectivity index (χ0n) is 8.79. The topological polar surface area (TPSA) is 133 Å². The molecule has 17 heavy (non-hydrogen) atoms. The Balaban J connectivity index is 2.27. The lowest BCUT2D eigenvalue weighted by Crippen LogP contribution is -2.15. The summed E-state index contributed by atoms with van der Waals surface area (Å²) in [6.07, 6.45) is 0.815. The number of aromatic amines is 1. The molecule has 0 aliphatic carbocycles. The van der Waals surface area contributed by atoms with Gasteiger partial charge < -0.3 is 10.2 Å². The molecule has 1 atom stereocenters. The van der Waals surface area contributed by atoms with Gasteiger partial charge in [-0.2, -0.15) is 10.1 Å². The Morgan fingerprint density at radius 3 is 3.06 bits per heavy atom. The molecular formula is C8H12N6O2S. The first-order chi connectivity index (χ1) is 8.24. The van der Waals surface area contributed by atoms with Gasteiger partial charge in [-0.25, -0.2) is 10.8 Å². The van der Waals surface area contributed by atoms with E-state index in [1.54, 1.807) is 6.20 Å². The van der Waals surface area contributed by atoms with Crippen LogP contribution >= 0.6 is 11.8 Å². The van der Waals surface area contributed by atoms with Crippen molar-refractivity contribution < 1.29 is 10.2 Å². The van der Waals surface area contributed by atoms with Gasteiger partial charge in [-0.3, -0.25) is 10.5 Å². The normalized spacial score (nSPS) is 12.9. The lowest BCUT2D eigenvalue weighted by atomic mass is 10.4. The minimum Gasteiger partial charge on any atom is -0.394 e. The van der Waals surface area contributed by atoms with Crippen molar-refractivity contribution >= 4 is 28.7 Å². The average molecular weight is 256 g/mol. The van der Waals surface area contributed by atoms with E-state index in [1.807, 2.05) is 0 Å². The standard InChI is InChI=1S/C8H12N6O2S/c9-13-8-11-6-5(1-10-14-6)7(12-8)17-3-4(16)2-15/h1,4,15-16H,2-3,9H2,(H2,10,11,12,13,14). The Labute approximate surface area is 101 Å². The predicted octanol–water partition coefficient (Wildman–Crippen LogP) is -0.916. The van der Waals surface area contributed by atoms with Crippen LogP contribution in [0.3, 0.4) is 0 Å². The highest BCUT2D eigenvalue weighted by Gasteiger charge is 2.11. The van der Waals surface area contributed by atoms with Gasteiger partial charge in [0.05, 0.1) is 24.3 Å². The van der Waals surface area contributed by atoms with Crippen molar-refractivity contribution in [1.29, 1.82) is 0 Å². The highest BCUT2D eigenvalue weighted by atomic mass is 32.2. The highest BCUT2D eigenvalue weighted by Crippen LogP contribution is 2.25. The van der Waals surface area contributed by atoms with Crippen molar-refractivity contribution in [3.8, 4) is 0 Å². The zero-order valence-corrected chi connectivity index (χ0v) is 9.61. The third-order valence-corrected chi connectivity index (χ3v) is 3.16. The molecule has 6 N–H and O–H groups in total. The maximum Gasteiger partial charge on any atom is 0.240 e. The first-order valence-corrected chi connectivity index (χ1v) is 5.82. The van der Waals surface area contributed by atoms with E-state index in [0.717, 1.165) is 5.39 Å². The number of nitrogens with one attached hydrogen (secondary N) is 2. The minimum atomic E-state index is -0.786. The fourth-order valence-corrected chi connectivity index (χ4v) is 2.12. The average Bonchev–Trinajstić information content (AvgIpc) is 2.83. The molecule has 0 fully saturated rings. The second kappa shape index (κ2) is 5.27. The van der Waals surface area contributed by atoms with Gasteiger partial charge in [0, 0.05) is 5.75 Å². The van der Waals surface area contributed by atoms with Crippen molar-refractivity contribution in [3.05, 3.63) is 6.20 Å². The van der Waals surface area contributed by atoms with Crippen LogP contribution in [0.25, 0.3) is 11.0 Å². The summed E-state index contributed by atoms with van der Waals surface area (Å²) in [7, 11) is 0. The Morgan fingerprint density at radius 2 is 2.35 bits per heavy atom. The van der Waals surface area contributed by atoms with Crippen molar-refractivity contribution in [3.63, 3.8) is 0 Å². The van der Waals surface area contributed by atoms with Gasteiger partial charge in [0.2, 0.25) is 5.95 Å². The molecule has 2 aromatic rings. The number of nitrogen functional groups attached to an aromatic ring is 1. The molecule has 0 amide bonds. The molecular weight excluding hydrogens is 244 g/mol. The molecule has 2 aromatic heterocycles. The molecule has 0 saturated heterocycles. The Kier molecular flexibility index (Phi) is 3.74. The molecule has 9 heteroatoms. The highest BCUT2D eigenvalue weighted by molar-refractivity contribution is 7.99. The number of fused-ring (bicyclic) bond motifs is 1. The molecule has 2 rings (SSSR count). The fourth-order valence-electron chi connectivity index (χ4n) is 1.21. The van der Waals surface area contributed by atoms with Crippen LogP contribution in [-0.2, 0) is 0 Å². The molecule has 8 nitrogen and oxygen atoms in total. The number of anilines is 1. The van der Waals surface area contributed by atoms with E-state index < -0.39 is 6.10 Å². The summed E-state index contributed by atoms with van der Waals surface area (Å²) in [6.45, 7) is -0.283. The van der Waals surface area contributed by atoms with Crippen LogP contribution < -0.4 is 11.3 Å². The summed E-state index contributed by atoms with van der Waals surface area (Å²) in [5, 5.41) is 26.0. The zero-order chi connectivity index (χ0) is 12.3. The maximum atomic E-state index is 9.29. The van der Waals surface area contributed by atoms with Gasteiger partial charge in [0.25, 0.3) is 0 Å². The summed E-state index contributed by atoms with van der Waals surface area (Å²) in [5.74, 6) is 5.85. The van der Waals surface area contributed by atoms with E-state index in [9.17, 15) is 5.11 Å². The van der Waals surface area contributed by atoms with Crippen LogP contribution in [0.1, 0.15) is 0 Å². The van der Waals surface area contributed by atoms with Crippen LogP contribution in [0.5, 0.6) is 0 Å². The SMILES string of the molecule is NNc1nc(SCC(O)CO)c2cn[nH]c2n1. The van der Waals surface area contributed by atoms with E-state index in [2.05, 4.69) is 25.6 Å². The predicted molar refractivity (Wildman–Crippen MR) is 63.3 cm³/mol. The number of rotatable bonds is 5. The van der Waals surface area contributed by atoms with E-state index >= 15 is 0 Å². The molecule has 0 aliphatic rings. The van der Waals surface area contributed by atoms with Gasteiger partial charge in [0.1, 0.15) is 5.03 Å². The van der Waals surface area contributed by atoms with E-state index in [4.69, 9.17) is 10.9 Å². The lowest BCUT2D eigenvalue weighted by molar-refractivity contribution is 0.113. The maximum absolute atomic E-state index is 9.29. The van der Waals surface area contributed by atoms with Crippen LogP contribution in [0.2, 0.25) is 0 Å². The monoisotopic (exact) mass is 256 g/mol. The fraction of sp³-hybridized carbons (Fsp3) is 0.375. The summed E-state index contributed by atoms with van der Waals surface area (Å²) >= 11 is 1.30. The van der Waals surface area contributed by atoms with Gasteiger partial charge in [-0.15, -0.1) is 11.8 Å². The molecule has 0 bridgehead atoms. The number of nitrogens with zero attached hydrogens (tertiary/aromatic N) is 3. The number of hydrogen-bond acceptors (Lipinski definition) is 8. The van der Waals surface area contributed by atoms with Gasteiger partial charge in [0.15, 0.2) is 5.65 Å². The largest absolute Gasteiger partial charge is 0.394 e. The molecule has 0 spiro atoms. The smallest absolute Gasteiger partial charge is 0.240 e.